The van der Waals surface area contributed by atoms with Gasteiger partial charge < -0.3 is 20.6 Å². The summed E-state index contributed by atoms with van der Waals surface area (Å²) < 4.78 is 74.5. The lowest BCUT2D eigenvalue weighted by atomic mass is 9.73. The number of aliphatic carboxylic acids is 1. The van der Waals surface area contributed by atoms with Crippen molar-refractivity contribution in [1.29, 1.82) is 0 Å². The molecule has 1 atom stereocenters. The zero-order valence-electron chi connectivity index (χ0n) is 25.4. The average Bonchev–Trinajstić information content (AvgIpc) is 2.99. The smallest absolute Gasteiger partial charge is 0.475 e. The second-order valence-electron chi connectivity index (χ2n) is 11.9. The maximum atomic E-state index is 14.0. The van der Waals surface area contributed by atoms with Gasteiger partial charge in [-0.2, -0.15) is 13.2 Å². The molecular weight excluding hydrogens is 668 g/mol. The molecule has 1 spiro atoms. The van der Waals surface area contributed by atoms with Crippen LogP contribution in [0.4, 0.5) is 23.2 Å². The summed E-state index contributed by atoms with van der Waals surface area (Å²) in [5.41, 5.74) is -0.127. The fourth-order valence-corrected chi connectivity index (χ4v) is 7.81. The van der Waals surface area contributed by atoms with Crippen LogP contribution in [0.1, 0.15) is 43.0 Å². The van der Waals surface area contributed by atoms with E-state index in [2.05, 4.69) is 10.6 Å². The van der Waals surface area contributed by atoms with Crippen LogP contribution < -0.4 is 14.9 Å². The van der Waals surface area contributed by atoms with E-state index in [9.17, 15) is 35.6 Å². The fraction of sp³-hybridized carbons (Fsp3) is 0.452. The van der Waals surface area contributed by atoms with Gasteiger partial charge in [-0.05, 0) is 94.1 Å². The summed E-state index contributed by atoms with van der Waals surface area (Å²) in [5.74, 6) is -3.23. The molecule has 16 heteroatoms. The highest BCUT2D eigenvalue weighted by Gasteiger charge is 2.45. The lowest BCUT2D eigenvalue weighted by Gasteiger charge is -2.47. The Morgan fingerprint density at radius 1 is 1.04 bits per heavy atom. The molecule has 2 amide bonds. The lowest BCUT2D eigenvalue weighted by Crippen LogP contribution is -2.58. The third-order valence-electron chi connectivity index (χ3n) is 8.39. The number of piperidine rings is 1. The van der Waals surface area contributed by atoms with Crippen molar-refractivity contribution in [1.82, 2.24) is 15.5 Å². The van der Waals surface area contributed by atoms with Crippen molar-refractivity contribution >= 4 is 45.1 Å². The van der Waals surface area contributed by atoms with Crippen LogP contribution >= 0.6 is 11.6 Å². The van der Waals surface area contributed by atoms with Gasteiger partial charge in [-0.1, -0.05) is 23.8 Å². The quantitative estimate of drug-likeness (QED) is 0.292. The van der Waals surface area contributed by atoms with E-state index in [4.69, 9.17) is 21.5 Å². The van der Waals surface area contributed by atoms with E-state index in [-0.39, 0.29) is 45.6 Å². The van der Waals surface area contributed by atoms with Crippen LogP contribution in [0.25, 0.3) is 0 Å². The van der Waals surface area contributed by atoms with E-state index >= 15 is 0 Å². The number of halogens is 5. The molecule has 0 aliphatic carbocycles. The van der Waals surface area contributed by atoms with Crippen LogP contribution in [-0.2, 0) is 19.6 Å². The predicted octanol–water partition coefficient (Wildman–Crippen LogP) is 4.60. The van der Waals surface area contributed by atoms with Gasteiger partial charge in [0, 0.05) is 24.7 Å². The molecule has 4 aliphatic rings. The highest BCUT2D eigenvalue weighted by molar-refractivity contribution is 7.93. The number of rotatable bonds is 1. The standard InChI is InChI=1S/C29H34ClFN4O4S.C2HF3O2/c1-20-16-21-18-34(19-21)28(37)29(11-13-32-14-12-29)10-2-3-15-35(24-7-5-23(31)6-8-24)40(38,39)26-17-22(27(36)33-20)4-9-25(26)30;3-2(4,5)1(6)7/h2-9,17,20-21,32H,10-16,18-19H2,1H3,(H,33,36);(H,6,7)/b3-2+;. The molecule has 47 heavy (non-hydrogen) atoms. The molecule has 2 saturated heterocycles. The number of carboxylic acid groups (broad SMARTS) is 1. The summed E-state index contributed by atoms with van der Waals surface area (Å²) in [7, 11) is -4.26. The van der Waals surface area contributed by atoms with Gasteiger partial charge in [0.05, 0.1) is 22.7 Å². The van der Waals surface area contributed by atoms with Gasteiger partial charge in [-0.15, -0.1) is 0 Å². The molecule has 2 aromatic rings. The first-order chi connectivity index (χ1) is 22.0. The van der Waals surface area contributed by atoms with Crippen molar-refractivity contribution in [3.05, 3.63) is 71.0 Å². The first kappa shape index (κ1) is 36.2. The monoisotopic (exact) mass is 702 g/mol. The van der Waals surface area contributed by atoms with E-state index in [0.717, 1.165) is 17.4 Å². The molecule has 256 valence electrons. The van der Waals surface area contributed by atoms with Gasteiger partial charge in [-0.3, -0.25) is 13.9 Å². The number of benzene rings is 2. The van der Waals surface area contributed by atoms with Gasteiger partial charge in [-0.25, -0.2) is 17.6 Å². The molecule has 6 rings (SSSR count). The molecular formula is C31H35ClF4N4O6S. The fourth-order valence-electron chi connectivity index (χ4n) is 5.89. The molecule has 10 nitrogen and oxygen atoms in total. The number of hydrogen-bond acceptors (Lipinski definition) is 6. The van der Waals surface area contributed by atoms with Crippen LogP contribution in [0.2, 0.25) is 5.02 Å². The molecule has 2 aromatic carbocycles. The number of sulfonamides is 1. The van der Waals surface area contributed by atoms with Crippen LogP contribution in [0, 0.1) is 17.2 Å². The first-order valence-electron chi connectivity index (χ1n) is 14.9. The van der Waals surface area contributed by atoms with Gasteiger partial charge in [0.2, 0.25) is 5.91 Å². The zero-order valence-corrected chi connectivity index (χ0v) is 27.0. The number of hydrogen-bond donors (Lipinski definition) is 3. The molecule has 0 saturated carbocycles. The Kier molecular flexibility index (Phi) is 11.2. The number of carboxylic acids is 1. The maximum Gasteiger partial charge on any atom is 0.490 e. The van der Waals surface area contributed by atoms with Crippen LogP contribution in [0.5, 0.6) is 0 Å². The summed E-state index contributed by atoms with van der Waals surface area (Å²) in [6.07, 6.45) is 1.13. The molecule has 2 fully saturated rings. The first-order valence-corrected chi connectivity index (χ1v) is 16.7. The topological polar surface area (TPSA) is 136 Å². The van der Waals surface area contributed by atoms with Crippen LogP contribution in [0.15, 0.2) is 59.5 Å². The molecule has 0 radical (unpaired) electrons. The van der Waals surface area contributed by atoms with Crippen molar-refractivity contribution in [2.75, 3.05) is 37.0 Å². The van der Waals surface area contributed by atoms with Crippen molar-refractivity contribution in [2.24, 2.45) is 11.3 Å². The second kappa shape index (κ2) is 14.6. The minimum absolute atomic E-state index is 0.0242. The molecule has 4 aliphatic heterocycles. The number of nitrogens with zero attached hydrogens (tertiary/aromatic N) is 2. The van der Waals surface area contributed by atoms with E-state index in [1.165, 1.54) is 42.5 Å². The predicted molar refractivity (Wildman–Crippen MR) is 166 cm³/mol. The van der Waals surface area contributed by atoms with E-state index in [1.54, 1.807) is 6.08 Å². The molecule has 3 N–H and O–H groups in total. The number of nitrogens with one attached hydrogen (secondary N) is 2. The van der Waals surface area contributed by atoms with Gasteiger partial charge in [0.25, 0.3) is 15.9 Å². The number of alkyl halides is 3. The Balaban J connectivity index is 0.000000644. The van der Waals surface area contributed by atoms with E-state index in [0.29, 0.717) is 38.8 Å². The highest BCUT2D eigenvalue weighted by Crippen LogP contribution is 2.38. The Morgan fingerprint density at radius 2 is 1.66 bits per heavy atom. The summed E-state index contributed by atoms with van der Waals surface area (Å²) in [6.45, 7) is 4.66. The summed E-state index contributed by atoms with van der Waals surface area (Å²) in [5, 5.41) is 13.4. The Hall–Kier alpha value is -3.69. The van der Waals surface area contributed by atoms with E-state index < -0.39 is 39.3 Å². The van der Waals surface area contributed by atoms with Gasteiger partial charge in [0.1, 0.15) is 10.7 Å². The molecule has 1 unspecified atom stereocenters. The zero-order chi connectivity index (χ0) is 34.6. The SMILES string of the molecule is CC1CC2CN(C2)C(=O)C2(C/C=C/CN(c3ccc(F)cc3)S(=O)(=O)c3cc(ccc3Cl)C(=O)N1)CCNCC2.O=C(O)C(F)(F)F. The number of fused-ring (bicyclic) bond motifs is 7. The third-order valence-corrected chi connectivity index (χ3v) is 10.7. The lowest BCUT2D eigenvalue weighted by molar-refractivity contribution is -0.192. The maximum absolute atomic E-state index is 14.0. The van der Waals surface area contributed by atoms with Crippen LogP contribution in [-0.4, -0.2) is 81.1 Å². The number of anilines is 1. The number of amides is 2. The molecule has 4 heterocycles. The normalized spacial score (nSPS) is 22.6. The largest absolute Gasteiger partial charge is 0.490 e. The summed E-state index contributed by atoms with van der Waals surface area (Å²) in [6, 6.07) is 9.17. The van der Waals surface area contributed by atoms with Crippen molar-refractivity contribution < 1.29 is 45.5 Å². The number of carbonyl (C=O) groups excluding carboxylic acids is 2. The van der Waals surface area contributed by atoms with Crippen molar-refractivity contribution in [3.63, 3.8) is 0 Å². The number of carbonyl (C=O) groups is 3. The Bertz CT molecular complexity index is 1610. The van der Waals surface area contributed by atoms with Gasteiger partial charge in [0.15, 0.2) is 0 Å². The highest BCUT2D eigenvalue weighted by atomic mass is 35.5. The van der Waals surface area contributed by atoms with Gasteiger partial charge >= 0.3 is 12.1 Å². The van der Waals surface area contributed by atoms with Crippen molar-refractivity contribution in [3.8, 4) is 0 Å². The van der Waals surface area contributed by atoms with Crippen molar-refractivity contribution in [2.45, 2.75) is 49.7 Å². The minimum Gasteiger partial charge on any atom is -0.475 e. The average molecular weight is 703 g/mol. The third kappa shape index (κ3) is 8.62. The minimum atomic E-state index is -5.08. The molecule has 0 aromatic heterocycles. The Labute approximate surface area is 274 Å². The van der Waals surface area contributed by atoms with E-state index in [1.807, 2.05) is 17.9 Å². The summed E-state index contributed by atoms with van der Waals surface area (Å²) in [4.78, 5) is 37.4. The summed E-state index contributed by atoms with van der Waals surface area (Å²) >= 11 is 6.38. The van der Waals surface area contributed by atoms with Crippen LogP contribution in [0.3, 0.4) is 0 Å². The molecule has 4 bridgehead atoms. The Morgan fingerprint density at radius 3 is 2.26 bits per heavy atom. The number of allylic oxidation sites excluding steroid dienone is 1. The second-order valence-corrected chi connectivity index (χ2v) is 14.1.